The molecule has 0 aromatic heterocycles. The van der Waals surface area contributed by atoms with Crippen LogP contribution in [-0.4, -0.2) is 86.7 Å². The lowest BCUT2D eigenvalue weighted by Crippen LogP contribution is -2.30. The molecule has 0 radical (unpaired) electrons. The van der Waals surface area contributed by atoms with Crippen LogP contribution in [0.1, 0.15) is 25.0 Å². The third-order valence-corrected chi connectivity index (χ3v) is 5.19. The summed E-state index contributed by atoms with van der Waals surface area (Å²) in [6.45, 7) is 6.04. The van der Waals surface area contributed by atoms with Crippen molar-refractivity contribution in [2.75, 3.05) is 54.5 Å². The van der Waals surface area contributed by atoms with Gasteiger partial charge < -0.3 is 29.5 Å². The molecule has 0 amide bonds. The smallest absolute Gasteiger partial charge is 0.119 e. The molecule has 0 spiro atoms. The number of hydrogen-bond donors (Lipinski definition) is 2. The van der Waals surface area contributed by atoms with Crippen molar-refractivity contribution in [3.05, 3.63) is 59.7 Å². The predicted molar refractivity (Wildman–Crippen MR) is 125 cm³/mol. The van der Waals surface area contributed by atoms with Crippen LogP contribution in [0.5, 0.6) is 11.5 Å². The molecule has 0 saturated heterocycles. The molecule has 0 unspecified atom stereocenters. The van der Waals surface area contributed by atoms with E-state index in [1.165, 1.54) is 11.1 Å². The quantitative estimate of drug-likeness (QED) is 0.540. The molecule has 0 fully saturated rings. The van der Waals surface area contributed by atoms with Gasteiger partial charge in [0.05, 0.1) is 0 Å². The van der Waals surface area contributed by atoms with Crippen molar-refractivity contribution in [3.8, 4) is 11.5 Å². The van der Waals surface area contributed by atoms with Gasteiger partial charge in [-0.2, -0.15) is 0 Å². The highest BCUT2D eigenvalue weighted by Gasteiger charge is 2.23. The average molecular weight is 431 g/mol. The van der Waals surface area contributed by atoms with E-state index in [0.29, 0.717) is 13.1 Å². The van der Waals surface area contributed by atoms with Gasteiger partial charge in [0.2, 0.25) is 0 Å². The van der Waals surface area contributed by atoms with Gasteiger partial charge in [-0.25, -0.2) is 0 Å². The molecule has 2 aromatic rings. The molecule has 2 rings (SSSR count). The first-order valence-corrected chi connectivity index (χ1v) is 10.7. The van der Waals surface area contributed by atoms with Crippen molar-refractivity contribution >= 4 is 0 Å². The van der Waals surface area contributed by atoms with Gasteiger partial charge in [-0.1, -0.05) is 38.1 Å². The normalized spacial score (nSPS) is 14.0. The zero-order chi connectivity index (χ0) is 23.0. The van der Waals surface area contributed by atoms with E-state index in [1.807, 2.05) is 62.3 Å². The molecule has 2 atom stereocenters. The van der Waals surface area contributed by atoms with Crippen molar-refractivity contribution in [2.24, 2.45) is 0 Å². The number of hydrogen-bond acceptors (Lipinski definition) is 6. The fraction of sp³-hybridized carbons (Fsp3) is 0.520. The summed E-state index contributed by atoms with van der Waals surface area (Å²) in [5.41, 5.74) is 2.15. The molecular formula is C25H38N2O4. The lowest BCUT2D eigenvalue weighted by molar-refractivity contribution is 0.0830. The Labute approximate surface area is 187 Å². The molecule has 6 nitrogen and oxygen atoms in total. The van der Waals surface area contributed by atoms with Gasteiger partial charge >= 0.3 is 0 Å². The second-order valence-corrected chi connectivity index (χ2v) is 9.13. The molecular weight excluding hydrogens is 392 g/mol. The second kappa shape index (κ2) is 11.5. The van der Waals surface area contributed by atoms with Gasteiger partial charge in [0.1, 0.15) is 36.9 Å². The minimum Gasteiger partial charge on any atom is -0.491 e. The Morgan fingerprint density at radius 1 is 0.677 bits per heavy atom. The molecule has 31 heavy (non-hydrogen) atoms. The van der Waals surface area contributed by atoms with Crippen molar-refractivity contribution in [1.29, 1.82) is 0 Å². The van der Waals surface area contributed by atoms with Gasteiger partial charge in [0.15, 0.2) is 0 Å². The van der Waals surface area contributed by atoms with Crippen LogP contribution in [0.15, 0.2) is 48.5 Å². The van der Waals surface area contributed by atoms with E-state index in [4.69, 9.17) is 9.47 Å². The Morgan fingerprint density at radius 2 is 1.00 bits per heavy atom. The number of rotatable bonds is 12. The van der Waals surface area contributed by atoms with E-state index in [-0.39, 0.29) is 18.6 Å². The van der Waals surface area contributed by atoms with E-state index >= 15 is 0 Å². The zero-order valence-electron chi connectivity index (χ0n) is 19.7. The number of aliphatic hydroxyl groups excluding tert-OH is 2. The molecule has 0 aliphatic carbocycles. The lowest BCUT2D eigenvalue weighted by atomic mass is 9.78. The number of benzene rings is 2. The second-order valence-electron chi connectivity index (χ2n) is 9.13. The highest BCUT2D eigenvalue weighted by molar-refractivity contribution is 5.41. The maximum Gasteiger partial charge on any atom is 0.119 e. The summed E-state index contributed by atoms with van der Waals surface area (Å²) < 4.78 is 11.4. The fourth-order valence-electron chi connectivity index (χ4n) is 3.44. The van der Waals surface area contributed by atoms with Crippen LogP contribution in [0.3, 0.4) is 0 Å². The summed E-state index contributed by atoms with van der Waals surface area (Å²) in [6, 6.07) is 16.1. The third kappa shape index (κ3) is 8.15. The summed E-state index contributed by atoms with van der Waals surface area (Å²) in [7, 11) is 7.70. The van der Waals surface area contributed by atoms with Crippen LogP contribution in [0, 0.1) is 0 Å². The molecule has 172 valence electrons. The minimum absolute atomic E-state index is 0.189. The first-order chi connectivity index (χ1) is 14.6. The van der Waals surface area contributed by atoms with Crippen LogP contribution in [-0.2, 0) is 5.41 Å². The zero-order valence-corrected chi connectivity index (χ0v) is 19.7. The first-order valence-electron chi connectivity index (χ1n) is 10.7. The van der Waals surface area contributed by atoms with Gasteiger partial charge in [0.25, 0.3) is 0 Å². The van der Waals surface area contributed by atoms with Gasteiger partial charge in [-0.3, -0.25) is 0 Å². The van der Waals surface area contributed by atoms with Gasteiger partial charge in [0, 0.05) is 18.5 Å². The molecule has 0 heterocycles. The predicted octanol–water partition coefficient (Wildman–Crippen LogP) is 2.62. The Bertz CT molecular complexity index is 708. The monoisotopic (exact) mass is 430 g/mol. The van der Waals surface area contributed by atoms with Crippen LogP contribution < -0.4 is 9.47 Å². The van der Waals surface area contributed by atoms with E-state index in [0.717, 1.165) is 11.5 Å². The average Bonchev–Trinajstić information content (AvgIpc) is 2.70. The minimum atomic E-state index is -0.518. The van der Waals surface area contributed by atoms with Crippen molar-refractivity contribution in [1.82, 2.24) is 9.80 Å². The summed E-state index contributed by atoms with van der Waals surface area (Å²) in [5, 5.41) is 19.9. The standard InChI is InChI=1S/C25H38N2O4/c1-25(2,19-7-11-23(12-8-19)30-17-21(28)15-26(3)4)20-9-13-24(14-10-20)31-18-22(29)16-27(5)6/h7-14,21-22,28-29H,15-18H2,1-6H3/t21-,22-/m0/s1. The fourth-order valence-corrected chi connectivity index (χ4v) is 3.44. The van der Waals surface area contributed by atoms with Gasteiger partial charge in [-0.05, 0) is 63.6 Å². The van der Waals surface area contributed by atoms with Crippen LogP contribution in [0.2, 0.25) is 0 Å². The highest BCUT2D eigenvalue weighted by Crippen LogP contribution is 2.33. The third-order valence-electron chi connectivity index (χ3n) is 5.19. The number of likely N-dealkylation sites (N-methyl/N-ethyl adjacent to an activating group) is 2. The summed E-state index contributed by atoms with van der Waals surface area (Å²) in [5.74, 6) is 1.50. The van der Waals surface area contributed by atoms with E-state index < -0.39 is 12.2 Å². The van der Waals surface area contributed by atoms with E-state index in [1.54, 1.807) is 0 Å². The lowest BCUT2D eigenvalue weighted by Gasteiger charge is -2.27. The molecule has 0 aliphatic rings. The SMILES string of the molecule is CN(C)C[C@H](O)COc1ccc(C(C)(C)c2ccc(OC[C@@H](O)CN(C)C)cc2)cc1. The van der Waals surface area contributed by atoms with Crippen molar-refractivity contribution in [3.63, 3.8) is 0 Å². The molecule has 6 heteroatoms. The Hall–Kier alpha value is -2.12. The van der Waals surface area contributed by atoms with Crippen molar-refractivity contribution < 1.29 is 19.7 Å². The van der Waals surface area contributed by atoms with Crippen LogP contribution in [0.4, 0.5) is 0 Å². The summed E-state index contributed by atoms with van der Waals surface area (Å²) >= 11 is 0. The first kappa shape index (κ1) is 25.1. The molecule has 0 saturated carbocycles. The van der Waals surface area contributed by atoms with Crippen LogP contribution >= 0.6 is 0 Å². The van der Waals surface area contributed by atoms with Gasteiger partial charge in [-0.15, -0.1) is 0 Å². The molecule has 0 aliphatic heterocycles. The Kier molecular flexibility index (Phi) is 9.32. The summed E-state index contributed by atoms with van der Waals surface area (Å²) in [6.07, 6.45) is -1.04. The molecule has 2 N–H and O–H groups in total. The number of aliphatic hydroxyl groups is 2. The number of ether oxygens (including phenoxy) is 2. The number of nitrogens with zero attached hydrogens (tertiary/aromatic N) is 2. The highest BCUT2D eigenvalue weighted by atomic mass is 16.5. The van der Waals surface area contributed by atoms with E-state index in [2.05, 4.69) is 38.1 Å². The topological polar surface area (TPSA) is 65.4 Å². The summed E-state index contributed by atoms with van der Waals surface area (Å²) in [4.78, 5) is 3.86. The molecule has 2 aromatic carbocycles. The molecule has 0 bridgehead atoms. The van der Waals surface area contributed by atoms with E-state index in [9.17, 15) is 10.2 Å². The maximum absolute atomic E-state index is 9.95. The van der Waals surface area contributed by atoms with Crippen LogP contribution in [0.25, 0.3) is 0 Å². The largest absolute Gasteiger partial charge is 0.491 e. The Balaban J connectivity index is 1.96. The Morgan fingerprint density at radius 3 is 1.29 bits per heavy atom. The van der Waals surface area contributed by atoms with Crippen molar-refractivity contribution in [2.45, 2.75) is 31.5 Å². The maximum atomic E-state index is 9.95.